The highest BCUT2D eigenvalue weighted by Crippen LogP contribution is 2.46. The van der Waals surface area contributed by atoms with E-state index in [0.717, 1.165) is 17.8 Å². The molecule has 3 fully saturated rings. The lowest BCUT2D eigenvalue weighted by Gasteiger charge is -2.09. The normalized spacial score (nSPS) is 26.1. The van der Waals surface area contributed by atoms with Gasteiger partial charge in [0.25, 0.3) is 0 Å². The Labute approximate surface area is 215 Å². The van der Waals surface area contributed by atoms with Gasteiger partial charge in [0.05, 0.1) is 0 Å². The van der Waals surface area contributed by atoms with Crippen LogP contribution in [0.1, 0.15) is 186 Å². The summed E-state index contributed by atoms with van der Waals surface area (Å²) >= 11 is 0. The molecule has 0 N–H and O–H groups in total. The first kappa shape index (κ1) is 28.3. The molecule has 0 spiro atoms. The molecule has 0 aromatic rings. The molecule has 0 heteroatoms. The predicted octanol–water partition coefficient (Wildman–Crippen LogP) is 12.1. The Morgan fingerprint density at radius 3 is 1.53 bits per heavy atom. The Kier molecular flexibility index (Phi) is 15.8. The van der Waals surface area contributed by atoms with Crippen LogP contribution in [0.4, 0.5) is 0 Å². The van der Waals surface area contributed by atoms with Crippen molar-refractivity contribution in [1.82, 2.24) is 0 Å². The standard InChI is InChI=1S/C34H62/c1(3-5-7-9-12-18-25-32-28-29-32)2-4-6-8-11-16-22-31-23-17-13-10-14-20-26-33-30-34(33)27-21-15-19-24-31/h22,32-34H,1-21,23-30H2. The summed E-state index contributed by atoms with van der Waals surface area (Å²) in [6, 6.07) is 0. The first-order valence-corrected chi connectivity index (χ1v) is 16.6. The van der Waals surface area contributed by atoms with Gasteiger partial charge in [-0.25, -0.2) is 0 Å². The van der Waals surface area contributed by atoms with E-state index in [1.54, 1.807) is 19.3 Å². The van der Waals surface area contributed by atoms with Crippen molar-refractivity contribution in [3.8, 4) is 0 Å². The molecule has 198 valence electrons. The largest absolute Gasteiger partial charge is 0.0853 e. The summed E-state index contributed by atoms with van der Waals surface area (Å²) in [6.45, 7) is 0. The molecule has 3 saturated carbocycles. The van der Waals surface area contributed by atoms with E-state index in [9.17, 15) is 0 Å². The lowest BCUT2D eigenvalue weighted by Crippen LogP contribution is -1.89. The molecule has 0 aromatic carbocycles. The van der Waals surface area contributed by atoms with Crippen LogP contribution in [0.3, 0.4) is 0 Å². The van der Waals surface area contributed by atoms with Crippen LogP contribution in [-0.2, 0) is 0 Å². The molecule has 0 radical (unpaired) electrons. The Balaban J connectivity index is 1.11. The quantitative estimate of drug-likeness (QED) is 0.165. The molecule has 0 heterocycles. The van der Waals surface area contributed by atoms with Crippen LogP contribution in [0, 0.1) is 17.8 Å². The topological polar surface area (TPSA) is 0 Å². The van der Waals surface area contributed by atoms with Crippen molar-refractivity contribution >= 4 is 0 Å². The average Bonchev–Trinajstić information content (AvgIpc) is 3.76. The van der Waals surface area contributed by atoms with Gasteiger partial charge >= 0.3 is 0 Å². The molecular formula is C34H62. The van der Waals surface area contributed by atoms with Gasteiger partial charge in [-0.3, -0.25) is 0 Å². The van der Waals surface area contributed by atoms with Crippen LogP contribution in [0.25, 0.3) is 0 Å². The Morgan fingerprint density at radius 2 is 0.941 bits per heavy atom. The summed E-state index contributed by atoms with van der Waals surface area (Å²) in [5.74, 6) is 3.41. The van der Waals surface area contributed by atoms with Crippen molar-refractivity contribution in [3.63, 3.8) is 0 Å². The third-order valence-corrected chi connectivity index (χ3v) is 9.41. The lowest BCUT2D eigenvalue weighted by atomic mass is 9.98. The second-order valence-corrected chi connectivity index (χ2v) is 12.8. The maximum Gasteiger partial charge on any atom is -0.0320 e. The van der Waals surface area contributed by atoms with Gasteiger partial charge in [-0.15, -0.1) is 0 Å². The number of hydrogen-bond acceptors (Lipinski definition) is 0. The molecule has 0 aliphatic heterocycles. The summed E-state index contributed by atoms with van der Waals surface area (Å²) in [6.07, 6.45) is 45.9. The smallest absolute Gasteiger partial charge is 0.0320 e. The van der Waals surface area contributed by atoms with Crippen molar-refractivity contribution in [2.45, 2.75) is 186 Å². The van der Waals surface area contributed by atoms with Crippen LogP contribution >= 0.6 is 0 Å². The third kappa shape index (κ3) is 15.0. The summed E-state index contributed by atoms with van der Waals surface area (Å²) in [5, 5.41) is 0. The minimum absolute atomic E-state index is 1.13. The van der Waals surface area contributed by atoms with Crippen LogP contribution in [0.15, 0.2) is 11.6 Å². The van der Waals surface area contributed by atoms with Crippen molar-refractivity contribution in [1.29, 1.82) is 0 Å². The van der Waals surface area contributed by atoms with E-state index in [2.05, 4.69) is 6.08 Å². The number of allylic oxidation sites excluding steroid dienone is 2. The van der Waals surface area contributed by atoms with Crippen molar-refractivity contribution in [2.24, 2.45) is 17.8 Å². The number of fused-ring (bicyclic) bond motifs is 1. The molecule has 34 heavy (non-hydrogen) atoms. The van der Waals surface area contributed by atoms with Gasteiger partial charge in [0, 0.05) is 0 Å². The molecule has 0 bridgehead atoms. The van der Waals surface area contributed by atoms with Gasteiger partial charge in [-0.1, -0.05) is 153 Å². The molecule has 3 aliphatic carbocycles. The monoisotopic (exact) mass is 470 g/mol. The highest BCUT2D eigenvalue weighted by molar-refractivity contribution is 5.02. The summed E-state index contributed by atoms with van der Waals surface area (Å²) in [4.78, 5) is 0. The Morgan fingerprint density at radius 1 is 0.471 bits per heavy atom. The minimum Gasteiger partial charge on any atom is -0.0853 e. The number of rotatable bonds is 15. The van der Waals surface area contributed by atoms with Gasteiger partial charge in [-0.05, 0) is 62.7 Å². The molecule has 2 atom stereocenters. The molecule has 0 nitrogen and oxygen atoms in total. The fraction of sp³-hybridized carbons (Fsp3) is 0.941. The fourth-order valence-corrected chi connectivity index (χ4v) is 6.63. The maximum absolute atomic E-state index is 2.68. The highest BCUT2D eigenvalue weighted by Gasteiger charge is 2.35. The Bertz CT molecular complexity index is 498. The lowest BCUT2D eigenvalue weighted by molar-refractivity contribution is 0.528. The number of hydrogen-bond donors (Lipinski definition) is 0. The van der Waals surface area contributed by atoms with Crippen LogP contribution in [-0.4, -0.2) is 0 Å². The molecule has 0 saturated heterocycles. The zero-order valence-corrected chi connectivity index (χ0v) is 23.3. The highest BCUT2D eigenvalue weighted by atomic mass is 14.4. The second kappa shape index (κ2) is 18.9. The molecule has 3 aliphatic rings. The van der Waals surface area contributed by atoms with Crippen LogP contribution in [0.2, 0.25) is 0 Å². The van der Waals surface area contributed by atoms with Crippen LogP contribution < -0.4 is 0 Å². The fourth-order valence-electron chi connectivity index (χ4n) is 6.63. The first-order valence-electron chi connectivity index (χ1n) is 16.6. The molecule has 0 amide bonds. The van der Waals surface area contributed by atoms with Crippen molar-refractivity contribution in [2.75, 3.05) is 0 Å². The summed E-state index contributed by atoms with van der Waals surface area (Å²) in [7, 11) is 0. The number of unbranched alkanes of at least 4 members (excludes halogenated alkanes) is 12. The Hall–Kier alpha value is -0.260. The molecular weight excluding hydrogens is 408 g/mol. The maximum atomic E-state index is 2.68. The van der Waals surface area contributed by atoms with E-state index in [4.69, 9.17) is 0 Å². The zero-order valence-electron chi connectivity index (χ0n) is 23.3. The molecule has 3 rings (SSSR count). The van der Waals surface area contributed by atoms with E-state index < -0.39 is 0 Å². The van der Waals surface area contributed by atoms with Gasteiger partial charge in [0.2, 0.25) is 0 Å². The average molecular weight is 471 g/mol. The van der Waals surface area contributed by atoms with Crippen LogP contribution in [0.5, 0.6) is 0 Å². The van der Waals surface area contributed by atoms with E-state index in [1.807, 2.05) is 5.57 Å². The SMILES string of the molecule is C(CCCCCCCCCCCCCCC1CC1)=C1CCCCCCCC2CC2CCCCC1. The van der Waals surface area contributed by atoms with E-state index in [-0.39, 0.29) is 0 Å². The minimum atomic E-state index is 1.13. The van der Waals surface area contributed by atoms with Gasteiger partial charge in [-0.2, -0.15) is 0 Å². The summed E-state index contributed by atoms with van der Waals surface area (Å²) < 4.78 is 0. The van der Waals surface area contributed by atoms with Crippen molar-refractivity contribution in [3.05, 3.63) is 11.6 Å². The van der Waals surface area contributed by atoms with Crippen molar-refractivity contribution < 1.29 is 0 Å². The van der Waals surface area contributed by atoms with E-state index >= 15 is 0 Å². The second-order valence-electron chi connectivity index (χ2n) is 12.8. The third-order valence-electron chi connectivity index (χ3n) is 9.41. The predicted molar refractivity (Wildman–Crippen MR) is 152 cm³/mol. The molecule has 2 unspecified atom stereocenters. The summed E-state index contributed by atoms with van der Waals surface area (Å²) in [5.41, 5.74) is 1.83. The zero-order chi connectivity index (χ0) is 23.5. The van der Waals surface area contributed by atoms with E-state index in [1.165, 1.54) is 167 Å². The van der Waals surface area contributed by atoms with Gasteiger partial charge in [0.1, 0.15) is 0 Å². The van der Waals surface area contributed by atoms with Gasteiger partial charge < -0.3 is 0 Å². The van der Waals surface area contributed by atoms with Gasteiger partial charge in [0.15, 0.2) is 0 Å². The van der Waals surface area contributed by atoms with E-state index in [0.29, 0.717) is 0 Å². The first-order chi connectivity index (χ1) is 16.9. The molecule has 0 aromatic heterocycles.